The van der Waals surface area contributed by atoms with Crippen LogP contribution in [-0.4, -0.2) is 42.8 Å². The molecule has 0 saturated carbocycles. The second kappa shape index (κ2) is 11.1. The van der Waals surface area contributed by atoms with Crippen LogP contribution in [0, 0.1) is 6.92 Å². The van der Waals surface area contributed by atoms with Gasteiger partial charge in [0.1, 0.15) is 6.04 Å². The highest BCUT2D eigenvalue weighted by Gasteiger charge is 2.32. The summed E-state index contributed by atoms with van der Waals surface area (Å²) in [6, 6.07) is 21.4. The molecule has 4 amide bonds. The molecule has 190 valence electrons. The molecule has 8 heteroatoms. The Hall–Kier alpha value is -4.46. The Kier molecular flexibility index (Phi) is 7.67. The van der Waals surface area contributed by atoms with Gasteiger partial charge < -0.3 is 20.9 Å². The number of nitrogens with one attached hydrogen (secondary N) is 3. The van der Waals surface area contributed by atoms with Crippen LogP contribution in [0.2, 0.25) is 0 Å². The van der Waals surface area contributed by atoms with Crippen LogP contribution in [0.3, 0.4) is 0 Å². The van der Waals surface area contributed by atoms with Crippen LogP contribution >= 0.6 is 0 Å². The molecular weight excluding hydrogens is 466 g/mol. The number of urea groups is 1. The van der Waals surface area contributed by atoms with Crippen molar-refractivity contribution < 1.29 is 14.4 Å². The van der Waals surface area contributed by atoms with Crippen LogP contribution in [0.15, 0.2) is 77.8 Å². The fraction of sp³-hybridized carbons (Fsp3) is 0.241. The van der Waals surface area contributed by atoms with Gasteiger partial charge in [-0.25, -0.2) is 9.79 Å². The minimum atomic E-state index is -1.16. The second-order valence-electron chi connectivity index (χ2n) is 8.95. The van der Waals surface area contributed by atoms with E-state index in [9.17, 15) is 14.4 Å². The van der Waals surface area contributed by atoms with Crippen LogP contribution in [0.25, 0.3) is 0 Å². The van der Waals surface area contributed by atoms with Crippen molar-refractivity contribution >= 4 is 34.9 Å². The number of para-hydroxylation sites is 2. The number of benzene rings is 3. The second-order valence-corrected chi connectivity index (χ2v) is 8.95. The van der Waals surface area contributed by atoms with Gasteiger partial charge in [0.2, 0.25) is 12.1 Å². The predicted molar refractivity (Wildman–Crippen MR) is 146 cm³/mol. The van der Waals surface area contributed by atoms with E-state index in [0.717, 1.165) is 34.4 Å². The number of nitrogens with zero attached hydrogens (tertiary/aromatic N) is 2. The predicted octanol–water partition coefficient (Wildman–Crippen LogP) is 4.02. The zero-order chi connectivity index (χ0) is 26.5. The lowest BCUT2D eigenvalue weighted by Gasteiger charge is -2.22. The standard InChI is InChI=1S/C29H31N5O3/c1-5-20-15-11-12-18(2)24(20)32-29(37)30-19(3)27(35)33-26-28(36)34(4)23-17-10-9-16-22(23)25(31-26)21-13-7-6-8-14-21/h6-17,19,26H,5H2,1-4H3,(H,33,35)(H2,30,32,37)/t19-,26+/m0/s1. The van der Waals surface area contributed by atoms with Crippen molar-refractivity contribution in [2.45, 2.75) is 39.4 Å². The lowest BCUT2D eigenvalue weighted by Crippen LogP contribution is -2.52. The van der Waals surface area contributed by atoms with Gasteiger partial charge in [-0.05, 0) is 37.5 Å². The number of anilines is 2. The average molecular weight is 498 g/mol. The minimum Gasteiger partial charge on any atom is -0.326 e. The maximum atomic E-state index is 13.3. The smallest absolute Gasteiger partial charge is 0.319 e. The van der Waals surface area contributed by atoms with Gasteiger partial charge in [-0.3, -0.25) is 9.59 Å². The Balaban J connectivity index is 1.54. The molecule has 1 heterocycles. The van der Waals surface area contributed by atoms with Crippen LogP contribution in [-0.2, 0) is 16.0 Å². The first-order chi connectivity index (χ1) is 17.8. The summed E-state index contributed by atoms with van der Waals surface area (Å²) in [6.07, 6.45) is -0.398. The van der Waals surface area contributed by atoms with Crippen LogP contribution < -0.4 is 20.9 Å². The Morgan fingerprint density at radius 2 is 1.70 bits per heavy atom. The summed E-state index contributed by atoms with van der Waals surface area (Å²) in [4.78, 5) is 45.3. The van der Waals surface area contributed by atoms with Crippen LogP contribution in [0.4, 0.5) is 16.2 Å². The number of aliphatic imine (C=N–C) groups is 1. The highest BCUT2D eigenvalue weighted by atomic mass is 16.2. The third-order valence-corrected chi connectivity index (χ3v) is 6.39. The summed E-state index contributed by atoms with van der Waals surface area (Å²) in [7, 11) is 1.66. The van der Waals surface area contributed by atoms with Gasteiger partial charge in [0.15, 0.2) is 0 Å². The first-order valence-corrected chi connectivity index (χ1v) is 12.3. The number of likely N-dealkylation sites (N-methyl/N-ethyl adjacent to an activating group) is 1. The molecule has 8 nitrogen and oxygen atoms in total. The zero-order valence-corrected chi connectivity index (χ0v) is 21.4. The lowest BCUT2D eigenvalue weighted by molar-refractivity contribution is -0.128. The quantitative estimate of drug-likeness (QED) is 0.479. The van der Waals surface area contributed by atoms with Crippen LogP contribution in [0.5, 0.6) is 0 Å². The Morgan fingerprint density at radius 3 is 2.43 bits per heavy atom. The van der Waals surface area contributed by atoms with E-state index >= 15 is 0 Å². The Bertz CT molecular complexity index is 1350. The van der Waals surface area contributed by atoms with Gasteiger partial charge in [-0.2, -0.15) is 0 Å². The van der Waals surface area contributed by atoms with Crippen molar-refractivity contribution in [3.05, 3.63) is 95.1 Å². The third kappa shape index (κ3) is 5.53. The number of aryl methyl sites for hydroxylation is 2. The van der Waals surface area contributed by atoms with Gasteiger partial charge in [-0.15, -0.1) is 0 Å². The molecule has 0 aromatic heterocycles. The number of amides is 4. The largest absolute Gasteiger partial charge is 0.326 e. The fourth-order valence-corrected chi connectivity index (χ4v) is 4.32. The molecule has 0 spiro atoms. The van der Waals surface area contributed by atoms with Gasteiger partial charge in [0, 0.05) is 23.9 Å². The monoisotopic (exact) mass is 497 g/mol. The van der Waals surface area contributed by atoms with Gasteiger partial charge in [0.05, 0.1) is 11.4 Å². The number of carbonyl (C=O) groups excluding carboxylic acids is 3. The molecule has 0 bridgehead atoms. The third-order valence-electron chi connectivity index (χ3n) is 6.39. The van der Waals surface area contributed by atoms with Gasteiger partial charge in [-0.1, -0.05) is 73.7 Å². The molecule has 4 rings (SSSR count). The topological polar surface area (TPSA) is 103 Å². The van der Waals surface area contributed by atoms with E-state index in [4.69, 9.17) is 0 Å². The summed E-state index contributed by atoms with van der Waals surface area (Å²) in [5.41, 5.74) is 5.57. The highest BCUT2D eigenvalue weighted by molar-refractivity contribution is 6.20. The van der Waals surface area contributed by atoms with E-state index in [-0.39, 0.29) is 5.91 Å². The normalized spacial score (nSPS) is 15.7. The fourth-order valence-electron chi connectivity index (χ4n) is 4.32. The number of hydrogen-bond donors (Lipinski definition) is 3. The van der Waals surface area contributed by atoms with E-state index in [1.54, 1.807) is 14.0 Å². The number of benzodiazepines with no additional fused rings is 1. The molecule has 0 radical (unpaired) electrons. The highest BCUT2D eigenvalue weighted by Crippen LogP contribution is 2.27. The minimum absolute atomic E-state index is 0.379. The average Bonchev–Trinajstić information content (AvgIpc) is 3.01. The molecule has 1 aliphatic heterocycles. The lowest BCUT2D eigenvalue weighted by atomic mass is 10.0. The molecule has 3 aromatic rings. The van der Waals surface area contributed by atoms with Crippen molar-refractivity contribution in [1.82, 2.24) is 10.6 Å². The van der Waals surface area contributed by atoms with Crippen molar-refractivity contribution in [1.29, 1.82) is 0 Å². The molecular formula is C29H31N5O3. The number of rotatable bonds is 6. The van der Waals surface area contributed by atoms with E-state index in [1.165, 1.54) is 4.90 Å². The molecule has 3 aromatic carbocycles. The molecule has 37 heavy (non-hydrogen) atoms. The first-order valence-electron chi connectivity index (χ1n) is 12.3. The number of hydrogen-bond acceptors (Lipinski definition) is 4. The van der Waals surface area contributed by atoms with Gasteiger partial charge in [0.25, 0.3) is 5.91 Å². The molecule has 0 fully saturated rings. The Morgan fingerprint density at radius 1 is 1.00 bits per heavy atom. The maximum absolute atomic E-state index is 13.3. The van der Waals surface area contributed by atoms with E-state index in [0.29, 0.717) is 11.4 Å². The SMILES string of the molecule is CCc1cccc(C)c1NC(=O)N[C@@H](C)C(=O)N[C@H]1N=C(c2ccccc2)c2ccccc2N(C)C1=O. The molecule has 3 N–H and O–H groups in total. The van der Waals surface area contributed by atoms with Crippen LogP contribution in [0.1, 0.15) is 36.1 Å². The first kappa shape index (κ1) is 25.6. The molecule has 0 aliphatic carbocycles. The number of fused-ring (bicyclic) bond motifs is 1. The molecule has 0 unspecified atom stereocenters. The summed E-state index contributed by atoms with van der Waals surface area (Å²) in [6.45, 7) is 5.49. The number of carbonyl (C=O) groups is 3. The molecule has 0 saturated heterocycles. The van der Waals surface area contributed by atoms with Gasteiger partial charge >= 0.3 is 6.03 Å². The van der Waals surface area contributed by atoms with E-state index in [2.05, 4.69) is 20.9 Å². The van der Waals surface area contributed by atoms with E-state index < -0.39 is 24.1 Å². The summed E-state index contributed by atoms with van der Waals surface area (Å²) in [5.74, 6) is -0.902. The van der Waals surface area contributed by atoms with E-state index in [1.807, 2.05) is 86.6 Å². The van der Waals surface area contributed by atoms with Crippen molar-refractivity contribution in [2.24, 2.45) is 4.99 Å². The molecule has 2 atom stereocenters. The summed E-state index contributed by atoms with van der Waals surface area (Å²) in [5, 5.41) is 8.23. The van der Waals surface area contributed by atoms with Crippen molar-refractivity contribution in [3.63, 3.8) is 0 Å². The molecule has 1 aliphatic rings. The van der Waals surface area contributed by atoms with Crippen molar-refractivity contribution in [2.75, 3.05) is 17.3 Å². The Labute approximate surface area is 216 Å². The summed E-state index contributed by atoms with van der Waals surface area (Å²) >= 11 is 0. The zero-order valence-electron chi connectivity index (χ0n) is 21.4. The summed E-state index contributed by atoms with van der Waals surface area (Å²) < 4.78 is 0. The van der Waals surface area contributed by atoms with Crippen molar-refractivity contribution in [3.8, 4) is 0 Å². The maximum Gasteiger partial charge on any atom is 0.319 e.